The van der Waals surface area contributed by atoms with Crippen LogP contribution in [-0.2, 0) is 172 Å². The van der Waals surface area contributed by atoms with Gasteiger partial charge in [-0.25, -0.2) is 9.59 Å². The van der Waals surface area contributed by atoms with E-state index < -0.39 is 40.6 Å². The highest BCUT2D eigenvalue weighted by molar-refractivity contribution is 5.85. The molecule has 0 aromatic carbocycles. The molecule has 0 amide bonds. The number of fused-ring (bicyclic) bond motifs is 13. The molecule has 30 unspecified atom stereocenters. The summed E-state index contributed by atoms with van der Waals surface area (Å²) in [6, 6.07) is 0. The fourth-order valence-corrected chi connectivity index (χ4v) is 18.9. The molecule has 9 heterocycles. The molecular formula is C102H154O36. The molecule has 8 bridgehead atoms. The molecule has 0 radical (unpaired) electrons. The fourth-order valence-electron chi connectivity index (χ4n) is 18.9. The molecule has 36 heteroatoms. The number of carbonyl (C=O) groups excluding carboxylic acids is 18. The van der Waals surface area contributed by atoms with Gasteiger partial charge in [0.25, 0.3) is 0 Å². The van der Waals surface area contributed by atoms with Gasteiger partial charge < -0.3 is 85.3 Å². The van der Waals surface area contributed by atoms with E-state index in [1.54, 1.807) is 34.6 Å². The van der Waals surface area contributed by atoms with Crippen molar-refractivity contribution in [1.82, 2.24) is 0 Å². The van der Waals surface area contributed by atoms with Gasteiger partial charge in [-0.05, 0) is 156 Å². The summed E-state index contributed by atoms with van der Waals surface area (Å²) in [5.41, 5.74) is -1.68. The summed E-state index contributed by atoms with van der Waals surface area (Å²) in [4.78, 5) is 205. The zero-order valence-electron chi connectivity index (χ0n) is 84.9. The predicted molar refractivity (Wildman–Crippen MR) is 485 cm³/mol. The highest BCUT2D eigenvalue weighted by Crippen LogP contribution is 2.59. The molecule has 9 saturated heterocycles. The number of esters is 18. The Labute approximate surface area is 811 Å². The van der Waals surface area contributed by atoms with Gasteiger partial charge in [0.15, 0.2) is 0 Å². The molecule has 36 nitrogen and oxygen atoms in total. The van der Waals surface area contributed by atoms with Crippen molar-refractivity contribution in [3.8, 4) is 0 Å². The van der Waals surface area contributed by atoms with Crippen molar-refractivity contribution >= 4 is 107 Å². The summed E-state index contributed by atoms with van der Waals surface area (Å²) in [5.74, 6) is -1.48. The summed E-state index contributed by atoms with van der Waals surface area (Å²) >= 11 is 0. The Bertz CT molecular complexity index is 4240. The molecule has 9 aliphatic heterocycles. The Morgan fingerprint density at radius 1 is 0.355 bits per heavy atom. The molecule has 778 valence electrons. The number of cyclic esters (lactones) is 7. The van der Waals surface area contributed by atoms with Crippen LogP contribution in [0.2, 0.25) is 0 Å². The first-order chi connectivity index (χ1) is 65.1. The molecule has 0 spiro atoms. The van der Waals surface area contributed by atoms with Gasteiger partial charge in [0.1, 0.15) is 67.6 Å². The summed E-state index contributed by atoms with van der Waals surface area (Å²) in [5, 5.41) is 0. The van der Waals surface area contributed by atoms with Gasteiger partial charge in [-0.1, -0.05) is 111 Å². The van der Waals surface area contributed by atoms with Crippen LogP contribution >= 0.6 is 0 Å². The molecule has 0 aromatic rings. The monoisotopic (exact) mass is 1960 g/mol. The zero-order chi connectivity index (χ0) is 102. The minimum atomic E-state index is -0.687. The Morgan fingerprint density at radius 2 is 0.790 bits per heavy atom. The lowest BCUT2D eigenvalue weighted by atomic mass is 9.80. The van der Waals surface area contributed by atoms with Crippen LogP contribution in [0.4, 0.5) is 0 Å². The summed E-state index contributed by atoms with van der Waals surface area (Å²) in [6.07, 6.45) is 13.9. The Balaban J connectivity index is 0.000000191. The van der Waals surface area contributed by atoms with E-state index in [1.807, 2.05) is 111 Å². The Morgan fingerprint density at radius 3 is 1.28 bits per heavy atom. The average molecular weight is 1960 g/mol. The minimum absolute atomic E-state index is 0.00140. The van der Waals surface area contributed by atoms with Crippen molar-refractivity contribution in [3.05, 3.63) is 0 Å². The highest BCUT2D eigenvalue weighted by atomic mass is 16.6. The smallest absolute Gasteiger partial charge is 0.347 e. The van der Waals surface area contributed by atoms with E-state index in [0.29, 0.717) is 107 Å². The summed E-state index contributed by atoms with van der Waals surface area (Å²) < 4.78 is 92.2. The lowest BCUT2D eigenvalue weighted by Crippen LogP contribution is -2.41. The maximum atomic E-state index is 11.8. The normalized spacial score (nSPS) is 32.5. The largest absolute Gasteiger partial charge is 0.465 e. The van der Waals surface area contributed by atoms with Crippen LogP contribution < -0.4 is 0 Å². The van der Waals surface area contributed by atoms with Gasteiger partial charge >= 0.3 is 107 Å². The maximum Gasteiger partial charge on any atom is 0.347 e. The molecule has 7 aliphatic carbocycles. The van der Waals surface area contributed by atoms with E-state index in [2.05, 4.69) is 9.47 Å². The van der Waals surface area contributed by atoms with Crippen LogP contribution in [0.1, 0.15) is 299 Å². The topological polar surface area (TPSA) is 473 Å². The summed E-state index contributed by atoms with van der Waals surface area (Å²) in [7, 11) is 0. The molecular weight excluding hydrogens is 1800 g/mol. The second kappa shape index (κ2) is 51.8. The van der Waals surface area contributed by atoms with Gasteiger partial charge in [-0.3, -0.25) is 76.7 Å². The van der Waals surface area contributed by atoms with E-state index in [1.165, 1.54) is 0 Å². The lowest BCUT2D eigenvalue weighted by Gasteiger charge is -2.32. The highest BCUT2D eigenvalue weighted by Gasteiger charge is 2.65. The number of carbonyl (C=O) groups is 18. The standard InChI is InChI=1S/2C14H20O4.C13H18O4.C12H18O4.C11H18O4.2C10H16O4.2C9H14O4/c1-3-7(2)13(15)18-11-5-8-4-9(11)10-6-17-14(16)12(8)10;1-3-7(2)13(15)18-11-5-8-4-9(11)12-10(8)6-17-14(12)16;1-3-6(2)12(14)16-10-7-4-8-9(5-7)13(15)17-11(8)10;1-3-7(2)11(13)15-9-5-4-8-6-10(9)16-12(8)14;1-4-8(2)10(13)15-11(3)5-6-14-9(12)7-11;1-4-10(2,3)9(12)14-7-5-8(11)13-6-7;1-4-10(2,3)9(12)14-7-5-6-13-8(7)11;1-3-6(2)9(11)13-7-4-8(10)12-5-7;1-3-6(2)8(10)13-7-4-5-12-9(7)11/h2*7-12H,3-6H2,1-2H3;6-11H,3-5H2,1-2H3;7-10H,3-6H2,1-2H3;8H,4-7H2,1-3H3;2*7H,4-6H2,1-3H3;2*6-7H,3-5H2,1-2H3. The first kappa shape index (κ1) is 114. The molecule has 138 heavy (non-hydrogen) atoms. The number of ether oxygens (including phenoxy) is 18. The predicted octanol–water partition coefficient (Wildman–Crippen LogP) is 12.8. The molecule has 0 N–H and O–H groups in total. The van der Waals surface area contributed by atoms with Crippen molar-refractivity contribution in [2.24, 2.45) is 123 Å². The third kappa shape index (κ3) is 30.3. The molecule has 30 atom stereocenters. The third-order valence-electron chi connectivity index (χ3n) is 30.6. The van der Waals surface area contributed by atoms with Crippen LogP contribution in [0.25, 0.3) is 0 Å². The molecule has 16 rings (SSSR count). The van der Waals surface area contributed by atoms with E-state index >= 15 is 0 Å². The minimum Gasteiger partial charge on any atom is -0.465 e. The first-order valence-corrected chi connectivity index (χ1v) is 50.6. The van der Waals surface area contributed by atoms with Crippen molar-refractivity contribution < 1.29 is 172 Å². The SMILES string of the molecule is CCC(C)(C)C(=O)OC1CCOC1=O.CCC(C)(C)C(=O)OC1COC(=O)C1.CCC(C)C(=O)OC1(C)CCOC(=O)C1.CCC(C)C(=O)OC1C2CC3C(=O)OC1C3C2.CCC(C)C(=O)OC1CC2CC1C1C(=O)OCC21.CCC(C)C(=O)OC1CC2CC1C1COC(=O)C21.CCC(C)C(=O)OC1CCC2CC1OC2=O.CCC(C)C(=O)OC1CCOC1=O.CCC(C)C(=O)OC1COC(=O)C1. The summed E-state index contributed by atoms with van der Waals surface area (Å²) in [6.45, 7) is 42.0. The van der Waals surface area contributed by atoms with Crippen LogP contribution in [0, 0.1) is 123 Å². The second-order valence-corrected chi connectivity index (χ2v) is 41.4. The molecule has 16 fully saturated rings. The van der Waals surface area contributed by atoms with E-state index in [-0.39, 0.29) is 248 Å². The molecule has 16 aliphatic rings. The van der Waals surface area contributed by atoms with Crippen LogP contribution in [0.15, 0.2) is 0 Å². The quantitative estimate of drug-likeness (QED) is 0.0544. The van der Waals surface area contributed by atoms with Crippen molar-refractivity contribution in [3.63, 3.8) is 0 Å². The van der Waals surface area contributed by atoms with Gasteiger partial charge in [-0.15, -0.1) is 0 Å². The molecule has 7 saturated carbocycles. The van der Waals surface area contributed by atoms with Crippen molar-refractivity contribution in [2.45, 2.75) is 366 Å². The average Bonchev–Trinajstić information content (AvgIpc) is 1.58. The van der Waals surface area contributed by atoms with E-state index in [9.17, 15) is 86.3 Å². The zero-order valence-corrected chi connectivity index (χ0v) is 84.9. The Kier molecular flexibility index (Phi) is 42.7. The van der Waals surface area contributed by atoms with E-state index in [4.69, 9.17) is 75.8 Å². The van der Waals surface area contributed by atoms with Crippen LogP contribution in [0.5, 0.6) is 0 Å². The lowest BCUT2D eigenvalue weighted by molar-refractivity contribution is -0.178. The first-order valence-electron chi connectivity index (χ1n) is 50.6. The van der Waals surface area contributed by atoms with Crippen molar-refractivity contribution in [1.29, 1.82) is 0 Å². The van der Waals surface area contributed by atoms with E-state index in [0.717, 1.165) is 103 Å². The molecule has 0 aromatic heterocycles. The van der Waals surface area contributed by atoms with Crippen molar-refractivity contribution in [2.75, 3.05) is 46.2 Å². The maximum absolute atomic E-state index is 11.8. The van der Waals surface area contributed by atoms with Gasteiger partial charge in [0.2, 0.25) is 12.2 Å². The van der Waals surface area contributed by atoms with Gasteiger partial charge in [0, 0.05) is 61.2 Å². The van der Waals surface area contributed by atoms with Crippen LogP contribution in [0.3, 0.4) is 0 Å². The number of hydrogen-bond donors (Lipinski definition) is 0. The number of rotatable bonds is 27. The van der Waals surface area contributed by atoms with Crippen LogP contribution in [-0.4, -0.2) is 220 Å². The third-order valence-corrected chi connectivity index (χ3v) is 30.6. The number of hydrogen-bond acceptors (Lipinski definition) is 36. The fraction of sp³-hybridized carbons (Fsp3) is 0.824. The second-order valence-electron chi connectivity index (χ2n) is 41.4. The van der Waals surface area contributed by atoms with Gasteiger partial charge in [-0.2, -0.15) is 0 Å². The Hall–Kier alpha value is -9.54. The van der Waals surface area contributed by atoms with Gasteiger partial charge in [0.05, 0.1) is 128 Å².